The molecule has 76 valence electrons. The fourth-order valence-electron chi connectivity index (χ4n) is 1.13. The van der Waals surface area contributed by atoms with Crippen molar-refractivity contribution >= 4 is 5.97 Å². The predicted molar refractivity (Wildman–Crippen MR) is 45.0 cm³/mol. The third-order valence-corrected chi connectivity index (χ3v) is 1.95. The van der Waals surface area contributed by atoms with Crippen LogP contribution in [0, 0.1) is 0 Å². The summed E-state index contributed by atoms with van der Waals surface area (Å²) in [5, 5.41) is 9.03. The van der Waals surface area contributed by atoms with Gasteiger partial charge in [-0.05, 0) is 0 Å². The molecule has 5 heteroatoms. The van der Waals surface area contributed by atoms with Crippen LogP contribution in [0.4, 0.5) is 0 Å². The maximum Gasteiger partial charge on any atom is 0.336 e. The quantitative estimate of drug-likeness (QED) is 0.558. The number of aliphatic hydroxyl groups is 1. The van der Waals surface area contributed by atoms with Gasteiger partial charge in [-0.15, -0.1) is 0 Å². The molecule has 0 spiro atoms. The number of hydrogen-bond acceptors (Lipinski definition) is 5. The lowest BCUT2D eigenvalue weighted by Gasteiger charge is -2.23. The van der Waals surface area contributed by atoms with Crippen molar-refractivity contribution in [1.82, 2.24) is 0 Å². The summed E-state index contributed by atoms with van der Waals surface area (Å²) in [6.45, 7) is 1.12. The molecule has 1 saturated heterocycles. The lowest BCUT2D eigenvalue weighted by atomic mass is 10.1. The van der Waals surface area contributed by atoms with Gasteiger partial charge in [0.1, 0.15) is 6.10 Å². The van der Waals surface area contributed by atoms with E-state index < -0.39 is 12.1 Å². The van der Waals surface area contributed by atoms with Gasteiger partial charge in [0.15, 0.2) is 6.10 Å². The Labute approximate surface area is 76.8 Å². The van der Waals surface area contributed by atoms with Crippen molar-refractivity contribution in [1.29, 1.82) is 0 Å². The van der Waals surface area contributed by atoms with Crippen LogP contribution in [0.25, 0.3) is 0 Å². The first kappa shape index (κ1) is 10.4. The standard InChI is InChI=1S/C8H15NO4/c9-5-7(10)8(11)13-6-1-3-12-4-2-6/h6-7,10H,1-5,9H2/t7-/m0/s1. The highest BCUT2D eigenvalue weighted by molar-refractivity contribution is 5.74. The first-order chi connectivity index (χ1) is 6.24. The summed E-state index contributed by atoms with van der Waals surface area (Å²) in [4.78, 5) is 11.0. The van der Waals surface area contributed by atoms with Crippen molar-refractivity contribution < 1.29 is 19.4 Å². The van der Waals surface area contributed by atoms with Gasteiger partial charge in [-0.1, -0.05) is 0 Å². The summed E-state index contributed by atoms with van der Waals surface area (Å²) in [5.41, 5.74) is 5.10. The van der Waals surface area contributed by atoms with Crippen LogP contribution in [0.5, 0.6) is 0 Å². The minimum absolute atomic E-state index is 0.0952. The number of carbonyl (C=O) groups excluding carboxylic acids is 1. The van der Waals surface area contributed by atoms with E-state index in [0.717, 1.165) is 0 Å². The van der Waals surface area contributed by atoms with Crippen molar-refractivity contribution in [3.8, 4) is 0 Å². The highest BCUT2D eigenvalue weighted by Gasteiger charge is 2.21. The molecule has 1 fully saturated rings. The summed E-state index contributed by atoms with van der Waals surface area (Å²) < 4.78 is 10.1. The minimum atomic E-state index is -1.19. The predicted octanol–water partition coefficient (Wildman–Crippen LogP) is -0.972. The van der Waals surface area contributed by atoms with E-state index in [0.29, 0.717) is 26.1 Å². The van der Waals surface area contributed by atoms with Gasteiger partial charge in [0, 0.05) is 19.4 Å². The Bertz CT molecular complexity index is 168. The van der Waals surface area contributed by atoms with Crippen molar-refractivity contribution in [2.75, 3.05) is 19.8 Å². The highest BCUT2D eigenvalue weighted by Crippen LogP contribution is 2.11. The number of nitrogens with two attached hydrogens (primary N) is 1. The average Bonchev–Trinajstić information content (AvgIpc) is 2.18. The fraction of sp³-hybridized carbons (Fsp3) is 0.875. The molecule has 1 aliphatic heterocycles. The fourth-order valence-corrected chi connectivity index (χ4v) is 1.13. The molecule has 13 heavy (non-hydrogen) atoms. The number of esters is 1. The Morgan fingerprint density at radius 2 is 2.23 bits per heavy atom. The van der Waals surface area contributed by atoms with Crippen LogP contribution in [-0.2, 0) is 14.3 Å². The Kier molecular flexibility index (Phi) is 4.14. The van der Waals surface area contributed by atoms with Crippen molar-refractivity contribution in [2.45, 2.75) is 25.0 Å². The van der Waals surface area contributed by atoms with Crippen molar-refractivity contribution in [3.05, 3.63) is 0 Å². The summed E-state index contributed by atoms with van der Waals surface area (Å²) in [6, 6.07) is 0. The molecule has 0 aromatic rings. The maximum absolute atomic E-state index is 11.0. The molecule has 0 saturated carbocycles. The first-order valence-electron chi connectivity index (χ1n) is 4.40. The van der Waals surface area contributed by atoms with E-state index in [1.165, 1.54) is 0 Å². The van der Waals surface area contributed by atoms with Gasteiger partial charge < -0.3 is 20.3 Å². The second kappa shape index (κ2) is 5.16. The van der Waals surface area contributed by atoms with E-state index in [1.54, 1.807) is 0 Å². The third kappa shape index (κ3) is 3.30. The number of rotatable bonds is 3. The molecule has 1 atom stereocenters. The Balaban J connectivity index is 2.26. The third-order valence-electron chi connectivity index (χ3n) is 1.95. The molecule has 0 aromatic heterocycles. The molecule has 0 aromatic carbocycles. The molecule has 1 rings (SSSR count). The lowest BCUT2D eigenvalue weighted by molar-refractivity contribution is -0.162. The van der Waals surface area contributed by atoms with Crippen LogP contribution in [0.1, 0.15) is 12.8 Å². The number of carbonyl (C=O) groups is 1. The van der Waals surface area contributed by atoms with Crippen molar-refractivity contribution in [2.24, 2.45) is 5.73 Å². The average molecular weight is 189 g/mol. The molecule has 0 bridgehead atoms. The van der Waals surface area contributed by atoms with Gasteiger partial charge in [0.05, 0.1) is 13.2 Å². The number of hydrogen-bond donors (Lipinski definition) is 2. The lowest BCUT2D eigenvalue weighted by Crippen LogP contribution is -2.35. The van der Waals surface area contributed by atoms with Gasteiger partial charge in [-0.25, -0.2) is 4.79 Å². The van der Waals surface area contributed by atoms with E-state index in [-0.39, 0.29) is 12.6 Å². The van der Waals surface area contributed by atoms with E-state index in [2.05, 4.69) is 0 Å². The maximum atomic E-state index is 11.0. The molecule has 0 amide bonds. The van der Waals surface area contributed by atoms with E-state index >= 15 is 0 Å². The summed E-state index contributed by atoms with van der Waals surface area (Å²) in [5.74, 6) is -0.630. The Morgan fingerprint density at radius 3 is 2.77 bits per heavy atom. The summed E-state index contributed by atoms with van der Waals surface area (Å²) >= 11 is 0. The van der Waals surface area contributed by atoms with Crippen LogP contribution in [0.15, 0.2) is 0 Å². The van der Waals surface area contributed by atoms with Gasteiger partial charge in [0.25, 0.3) is 0 Å². The Morgan fingerprint density at radius 1 is 1.62 bits per heavy atom. The highest BCUT2D eigenvalue weighted by atomic mass is 16.6. The van der Waals surface area contributed by atoms with Crippen LogP contribution in [0.2, 0.25) is 0 Å². The first-order valence-corrected chi connectivity index (χ1v) is 4.40. The second-order valence-corrected chi connectivity index (χ2v) is 3.00. The van der Waals surface area contributed by atoms with Gasteiger partial charge in [-0.2, -0.15) is 0 Å². The minimum Gasteiger partial charge on any atom is -0.460 e. The zero-order valence-corrected chi connectivity index (χ0v) is 7.44. The molecule has 0 unspecified atom stereocenters. The van der Waals surface area contributed by atoms with Crippen LogP contribution in [-0.4, -0.2) is 43.0 Å². The van der Waals surface area contributed by atoms with Gasteiger partial charge in [-0.3, -0.25) is 0 Å². The van der Waals surface area contributed by atoms with Crippen molar-refractivity contribution in [3.63, 3.8) is 0 Å². The summed E-state index contributed by atoms with van der Waals surface area (Å²) in [6.07, 6.45) is 0.0804. The monoisotopic (exact) mass is 189 g/mol. The molecular formula is C8H15NO4. The number of ether oxygens (including phenoxy) is 2. The zero-order valence-electron chi connectivity index (χ0n) is 7.44. The van der Waals surface area contributed by atoms with Gasteiger partial charge >= 0.3 is 5.97 Å². The molecule has 0 radical (unpaired) electrons. The second-order valence-electron chi connectivity index (χ2n) is 3.00. The molecule has 3 N–H and O–H groups in total. The van der Waals surface area contributed by atoms with E-state index in [9.17, 15) is 4.79 Å². The largest absolute Gasteiger partial charge is 0.460 e. The van der Waals surface area contributed by atoms with E-state index in [4.69, 9.17) is 20.3 Å². The topological polar surface area (TPSA) is 81.8 Å². The van der Waals surface area contributed by atoms with Crippen LogP contribution in [0.3, 0.4) is 0 Å². The molecule has 0 aliphatic carbocycles. The van der Waals surface area contributed by atoms with Gasteiger partial charge in [0.2, 0.25) is 0 Å². The summed E-state index contributed by atoms with van der Waals surface area (Å²) in [7, 11) is 0. The van der Waals surface area contributed by atoms with Crippen LogP contribution < -0.4 is 5.73 Å². The zero-order chi connectivity index (χ0) is 9.68. The molecule has 1 aliphatic rings. The normalized spacial score (nSPS) is 21.1. The molecule has 5 nitrogen and oxygen atoms in total. The molecular weight excluding hydrogens is 174 g/mol. The number of aliphatic hydroxyl groups excluding tert-OH is 1. The van der Waals surface area contributed by atoms with Crippen LogP contribution >= 0.6 is 0 Å². The Hall–Kier alpha value is -0.650. The molecule has 1 heterocycles. The van der Waals surface area contributed by atoms with E-state index in [1.807, 2.05) is 0 Å². The SMILES string of the molecule is NC[C@H](O)C(=O)OC1CCOCC1. The smallest absolute Gasteiger partial charge is 0.336 e.